The van der Waals surface area contributed by atoms with Crippen LogP contribution in [0.15, 0.2) is 0 Å². The van der Waals surface area contributed by atoms with Crippen molar-refractivity contribution in [2.75, 3.05) is 13.2 Å². The van der Waals surface area contributed by atoms with Gasteiger partial charge in [-0.2, -0.15) is 0 Å². The third-order valence-corrected chi connectivity index (χ3v) is 12.8. The van der Waals surface area contributed by atoms with Gasteiger partial charge in [0.15, 0.2) is 6.10 Å². The molecular weight excluding hydrogens is 757 g/mol. The van der Waals surface area contributed by atoms with Gasteiger partial charge in [0.25, 0.3) is 0 Å². The molecule has 0 aromatic heterocycles. The van der Waals surface area contributed by atoms with E-state index in [1.807, 2.05) is 0 Å². The first-order chi connectivity index (χ1) is 29.8. The molecule has 0 saturated heterocycles. The fraction of sp³-hybridized carbons (Fsp3) is 0.945. The van der Waals surface area contributed by atoms with Gasteiger partial charge in [-0.3, -0.25) is 14.4 Å². The van der Waals surface area contributed by atoms with Crippen LogP contribution in [0.25, 0.3) is 0 Å². The van der Waals surface area contributed by atoms with Crippen molar-refractivity contribution in [1.29, 1.82) is 0 Å². The summed E-state index contributed by atoms with van der Waals surface area (Å²) in [5.41, 5.74) is 0. The van der Waals surface area contributed by atoms with Crippen molar-refractivity contribution in [2.24, 2.45) is 11.8 Å². The number of rotatable bonds is 49. The Balaban J connectivity index is 4.25. The normalized spacial score (nSPS) is 12.5. The SMILES string of the molecule is CCCCCCCCCCCCCCCCCCCCCC(=O)OC[C@@H](COC(=O)CCCCCCCCCC(C)C)OC(=O)CCCCCCCCCCCCC(C)CC. The molecule has 0 bridgehead atoms. The van der Waals surface area contributed by atoms with Crippen LogP contribution in [-0.2, 0) is 28.6 Å². The van der Waals surface area contributed by atoms with Gasteiger partial charge < -0.3 is 14.2 Å². The van der Waals surface area contributed by atoms with E-state index in [0.717, 1.165) is 69.6 Å². The van der Waals surface area contributed by atoms with Gasteiger partial charge in [-0.1, -0.05) is 266 Å². The minimum absolute atomic E-state index is 0.0641. The first-order valence-electron chi connectivity index (χ1n) is 27.3. The number of carbonyl (C=O) groups is 3. The molecule has 0 aliphatic carbocycles. The molecule has 0 aliphatic heterocycles. The summed E-state index contributed by atoms with van der Waals surface area (Å²) < 4.78 is 16.8. The Hall–Kier alpha value is -1.59. The van der Waals surface area contributed by atoms with Crippen molar-refractivity contribution in [2.45, 2.75) is 310 Å². The minimum Gasteiger partial charge on any atom is -0.462 e. The number of hydrogen-bond acceptors (Lipinski definition) is 6. The Morgan fingerprint density at radius 2 is 0.623 bits per heavy atom. The van der Waals surface area contributed by atoms with Gasteiger partial charge in [0.2, 0.25) is 0 Å². The molecule has 0 fully saturated rings. The van der Waals surface area contributed by atoms with Crippen LogP contribution < -0.4 is 0 Å². The lowest BCUT2D eigenvalue weighted by molar-refractivity contribution is -0.167. The molecule has 0 aliphatic rings. The molecule has 0 aromatic rings. The van der Waals surface area contributed by atoms with Gasteiger partial charge in [0, 0.05) is 19.3 Å². The highest BCUT2D eigenvalue weighted by molar-refractivity contribution is 5.71. The maximum absolute atomic E-state index is 12.8. The van der Waals surface area contributed by atoms with Gasteiger partial charge in [0.05, 0.1) is 0 Å². The Morgan fingerprint density at radius 3 is 0.934 bits per heavy atom. The van der Waals surface area contributed by atoms with E-state index in [9.17, 15) is 14.4 Å². The first kappa shape index (κ1) is 59.4. The van der Waals surface area contributed by atoms with E-state index in [-0.39, 0.29) is 31.1 Å². The minimum atomic E-state index is -0.762. The second kappa shape index (κ2) is 47.9. The summed E-state index contributed by atoms with van der Waals surface area (Å²) >= 11 is 0. The van der Waals surface area contributed by atoms with E-state index in [2.05, 4.69) is 34.6 Å². The summed E-state index contributed by atoms with van der Waals surface area (Å²) in [6.45, 7) is 11.4. The van der Waals surface area contributed by atoms with Crippen LogP contribution in [0.1, 0.15) is 304 Å². The van der Waals surface area contributed by atoms with Crippen molar-refractivity contribution in [3.05, 3.63) is 0 Å². The molecule has 362 valence electrons. The van der Waals surface area contributed by atoms with Crippen LogP contribution in [-0.4, -0.2) is 37.2 Å². The van der Waals surface area contributed by atoms with E-state index in [1.54, 1.807) is 0 Å². The van der Waals surface area contributed by atoms with E-state index < -0.39 is 6.10 Å². The maximum Gasteiger partial charge on any atom is 0.306 e. The zero-order valence-corrected chi connectivity index (χ0v) is 41.8. The predicted octanol–water partition coefficient (Wildman–Crippen LogP) is 17.7. The van der Waals surface area contributed by atoms with Gasteiger partial charge in [-0.15, -0.1) is 0 Å². The third kappa shape index (κ3) is 47.7. The lowest BCUT2D eigenvalue weighted by Gasteiger charge is -2.18. The zero-order valence-electron chi connectivity index (χ0n) is 41.8. The molecule has 0 saturated carbocycles. The Bertz CT molecular complexity index is 933. The molecule has 0 radical (unpaired) electrons. The Kier molecular flexibility index (Phi) is 46.6. The van der Waals surface area contributed by atoms with Crippen LogP contribution in [0.3, 0.4) is 0 Å². The number of carbonyl (C=O) groups excluding carboxylic acids is 3. The highest BCUT2D eigenvalue weighted by atomic mass is 16.6. The Labute approximate surface area is 380 Å². The molecule has 0 amide bonds. The molecule has 0 spiro atoms. The second-order valence-corrected chi connectivity index (χ2v) is 19.6. The molecular formula is C55H106O6. The molecule has 0 N–H and O–H groups in total. The second-order valence-electron chi connectivity index (χ2n) is 19.6. The number of unbranched alkanes of at least 4 members (excludes halogenated alkanes) is 33. The van der Waals surface area contributed by atoms with Crippen LogP contribution in [0.5, 0.6) is 0 Å². The molecule has 61 heavy (non-hydrogen) atoms. The quantitative estimate of drug-likeness (QED) is 0.0344. The molecule has 0 heterocycles. The fourth-order valence-electron chi connectivity index (χ4n) is 8.31. The number of ether oxygens (including phenoxy) is 3. The Morgan fingerprint density at radius 1 is 0.344 bits per heavy atom. The summed E-state index contributed by atoms with van der Waals surface area (Å²) in [6.07, 6.45) is 49.5. The lowest BCUT2D eigenvalue weighted by atomic mass is 9.99. The third-order valence-electron chi connectivity index (χ3n) is 12.8. The monoisotopic (exact) mass is 863 g/mol. The average molecular weight is 863 g/mol. The largest absolute Gasteiger partial charge is 0.462 e. The van der Waals surface area contributed by atoms with Crippen molar-refractivity contribution >= 4 is 17.9 Å². The van der Waals surface area contributed by atoms with Gasteiger partial charge in [-0.25, -0.2) is 0 Å². The van der Waals surface area contributed by atoms with E-state index in [1.165, 1.54) is 193 Å². The lowest BCUT2D eigenvalue weighted by Crippen LogP contribution is -2.30. The van der Waals surface area contributed by atoms with Crippen LogP contribution >= 0.6 is 0 Å². The van der Waals surface area contributed by atoms with Crippen molar-refractivity contribution in [3.63, 3.8) is 0 Å². The summed E-state index contributed by atoms with van der Waals surface area (Å²) in [6, 6.07) is 0. The van der Waals surface area contributed by atoms with Crippen LogP contribution in [0.2, 0.25) is 0 Å². The first-order valence-corrected chi connectivity index (χ1v) is 27.3. The van der Waals surface area contributed by atoms with E-state index in [4.69, 9.17) is 14.2 Å². The topological polar surface area (TPSA) is 78.9 Å². The predicted molar refractivity (Wildman–Crippen MR) is 261 cm³/mol. The molecule has 6 nitrogen and oxygen atoms in total. The smallest absolute Gasteiger partial charge is 0.306 e. The standard InChI is InChI=1S/C55H106O6/c1-6-8-9-10-11-12-13-14-15-16-17-18-19-20-21-25-30-35-40-45-53(56)59-48-52(49-60-54(57)46-41-36-32-27-28-33-38-43-50(3)4)61-55(58)47-42-37-31-26-23-22-24-29-34-39-44-51(5)7-2/h50-52H,6-49H2,1-5H3/t51?,52-/m0/s1. The van der Waals surface area contributed by atoms with E-state index >= 15 is 0 Å². The fourth-order valence-corrected chi connectivity index (χ4v) is 8.31. The summed E-state index contributed by atoms with van der Waals surface area (Å²) in [5.74, 6) is 0.800. The summed E-state index contributed by atoms with van der Waals surface area (Å²) in [5, 5.41) is 0. The summed E-state index contributed by atoms with van der Waals surface area (Å²) in [4.78, 5) is 38.0. The summed E-state index contributed by atoms with van der Waals surface area (Å²) in [7, 11) is 0. The van der Waals surface area contributed by atoms with Crippen molar-refractivity contribution in [1.82, 2.24) is 0 Å². The van der Waals surface area contributed by atoms with Crippen molar-refractivity contribution in [3.8, 4) is 0 Å². The van der Waals surface area contributed by atoms with Gasteiger partial charge in [0.1, 0.15) is 13.2 Å². The molecule has 6 heteroatoms. The van der Waals surface area contributed by atoms with Crippen LogP contribution in [0.4, 0.5) is 0 Å². The maximum atomic E-state index is 12.8. The highest BCUT2D eigenvalue weighted by Gasteiger charge is 2.19. The number of esters is 3. The molecule has 0 rings (SSSR count). The average Bonchev–Trinajstić information content (AvgIpc) is 3.24. The van der Waals surface area contributed by atoms with E-state index in [0.29, 0.717) is 19.3 Å². The highest BCUT2D eigenvalue weighted by Crippen LogP contribution is 2.18. The van der Waals surface area contributed by atoms with Gasteiger partial charge in [-0.05, 0) is 31.1 Å². The molecule has 2 atom stereocenters. The zero-order chi connectivity index (χ0) is 44.7. The molecule has 0 aromatic carbocycles. The van der Waals surface area contributed by atoms with Crippen LogP contribution in [0, 0.1) is 11.8 Å². The van der Waals surface area contributed by atoms with Crippen molar-refractivity contribution < 1.29 is 28.6 Å². The number of hydrogen-bond donors (Lipinski definition) is 0. The van der Waals surface area contributed by atoms with Gasteiger partial charge >= 0.3 is 17.9 Å². The molecule has 1 unspecified atom stereocenters.